The minimum Gasteiger partial charge on any atom is -0.387 e. The van der Waals surface area contributed by atoms with Crippen LogP contribution >= 0.6 is 0 Å². The summed E-state index contributed by atoms with van der Waals surface area (Å²) in [7, 11) is -1.92. The lowest BCUT2D eigenvalue weighted by Gasteiger charge is -2.37. The predicted molar refractivity (Wildman–Crippen MR) is 69.6 cm³/mol. The molecule has 8 heteroatoms. The van der Waals surface area contributed by atoms with Gasteiger partial charge in [-0.2, -0.15) is 17.4 Å². The molecular weight excluding hydrogens is 256 g/mol. The van der Waals surface area contributed by atoms with Gasteiger partial charge in [0.05, 0.1) is 12.4 Å². The number of hydrogen-bond donors (Lipinski definition) is 3. The van der Waals surface area contributed by atoms with Crippen LogP contribution in [0.3, 0.4) is 0 Å². The molecule has 0 saturated carbocycles. The normalized spacial score (nSPS) is 20.8. The Kier molecular flexibility index (Phi) is 5.09. The molecule has 4 N–H and O–H groups in total. The molecule has 1 heterocycles. The van der Waals surface area contributed by atoms with Crippen molar-refractivity contribution in [2.45, 2.75) is 19.8 Å². The van der Waals surface area contributed by atoms with Gasteiger partial charge >= 0.3 is 0 Å². The van der Waals surface area contributed by atoms with Gasteiger partial charge in [0.1, 0.15) is 0 Å². The van der Waals surface area contributed by atoms with Gasteiger partial charge in [-0.05, 0) is 12.8 Å². The van der Waals surface area contributed by atoms with E-state index in [0.717, 1.165) is 0 Å². The average molecular weight is 278 g/mol. The first-order chi connectivity index (χ1) is 8.32. The van der Waals surface area contributed by atoms with Gasteiger partial charge in [-0.1, -0.05) is 6.92 Å². The summed E-state index contributed by atoms with van der Waals surface area (Å²) >= 11 is 0. The second-order valence-electron chi connectivity index (χ2n) is 4.77. The Labute approximate surface area is 108 Å². The minimum absolute atomic E-state index is 0.131. The molecule has 1 aliphatic heterocycles. The number of nitrogens with zero attached hydrogens (tertiary/aromatic N) is 1. The first-order valence-corrected chi connectivity index (χ1v) is 7.34. The summed E-state index contributed by atoms with van der Waals surface area (Å²) < 4.78 is 32.5. The fraction of sp³-hybridized carbons (Fsp3) is 0.900. The van der Waals surface area contributed by atoms with Crippen LogP contribution in [0.5, 0.6) is 0 Å². The van der Waals surface area contributed by atoms with Gasteiger partial charge in [0.2, 0.25) is 0 Å². The van der Waals surface area contributed by atoms with E-state index in [9.17, 15) is 8.42 Å². The van der Waals surface area contributed by atoms with E-state index in [1.165, 1.54) is 11.4 Å². The SMILES string of the molecule is COCCNS(=O)(=O)N1CCC(C)(C(=N)N)CC1. The summed E-state index contributed by atoms with van der Waals surface area (Å²) in [5.74, 6) is 0.131. The maximum atomic E-state index is 11.9. The zero-order chi connectivity index (χ0) is 13.8. The number of nitrogens with one attached hydrogen (secondary N) is 2. The fourth-order valence-corrected chi connectivity index (χ4v) is 3.04. The lowest BCUT2D eigenvalue weighted by molar-refractivity contribution is 0.202. The highest BCUT2D eigenvalue weighted by molar-refractivity contribution is 7.87. The van der Waals surface area contributed by atoms with Crippen molar-refractivity contribution in [3.63, 3.8) is 0 Å². The molecule has 0 bridgehead atoms. The smallest absolute Gasteiger partial charge is 0.279 e. The van der Waals surface area contributed by atoms with Crippen LogP contribution in [0.25, 0.3) is 0 Å². The maximum Gasteiger partial charge on any atom is 0.279 e. The van der Waals surface area contributed by atoms with E-state index < -0.39 is 10.2 Å². The van der Waals surface area contributed by atoms with Crippen molar-refractivity contribution in [2.24, 2.45) is 11.1 Å². The second-order valence-corrected chi connectivity index (χ2v) is 6.52. The molecule has 0 aliphatic carbocycles. The van der Waals surface area contributed by atoms with Gasteiger partial charge in [-0.15, -0.1) is 0 Å². The number of methoxy groups -OCH3 is 1. The van der Waals surface area contributed by atoms with Crippen molar-refractivity contribution >= 4 is 16.0 Å². The van der Waals surface area contributed by atoms with Gasteiger partial charge in [-0.25, -0.2) is 0 Å². The van der Waals surface area contributed by atoms with Gasteiger partial charge in [-0.3, -0.25) is 5.41 Å². The molecule has 106 valence electrons. The minimum atomic E-state index is -3.44. The number of ether oxygens (including phenoxy) is 1. The summed E-state index contributed by atoms with van der Waals surface area (Å²) in [6, 6.07) is 0. The lowest BCUT2D eigenvalue weighted by Crippen LogP contribution is -2.50. The highest BCUT2D eigenvalue weighted by Gasteiger charge is 2.36. The van der Waals surface area contributed by atoms with Crippen LogP contribution in [0, 0.1) is 10.8 Å². The van der Waals surface area contributed by atoms with E-state index in [-0.39, 0.29) is 17.8 Å². The third kappa shape index (κ3) is 3.64. The van der Waals surface area contributed by atoms with Gasteiger partial charge in [0, 0.05) is 32.2 Å². The number of nitrogens with two attached hydrogens (primary N) is 1. The third-order valence-electron chi connectivity index (χ3n) is 3.41. The Bertz CT molecular complexity index is 388. The molecule has 1 rings (SSSR count). The molecule has 0 unspecified atom stereocenters. The van der Waals surface area contributed by atoms with Crippen molar-refractivity contribution in [1.29, 1.82) is 5.41 Å². The van der Waals surface area contributed by atoms with Gasteiger partial charge in [0.25, 0.3) is 10.2 Å². The first kappa shape index (κ1) is 15.4. The molecule has 1 saturated heterocycles. The second kappa shape index (κ2) is 5.96. The number of piperidine rings is 1. The van der Waals surface area contributed by atoms with E-state index in [4.69, 9.17) is 15.9 Å². The van der Waals surface area contributed by atoms with Crippen molar-refractivity contribution in [1.82, 2.24) is 9.03 Å². The summed E-state index contributed by atoms with van der Waals surface area (Å²) in [6.07, 6.45) is 1.15. The van der Waals surface area contributed by atoms with E-state index in [0.29, 0.717) is 32.5 Å². The van der Waals surface area contributed by atoms with Crippen molar-refractivity contribution in [2.75, 3.05) is 33.4 Å². The molecule has 1 aliphatic rings. The quantitative estimate of drug-likeness (QED) is 0.346. The van der Waals surface area contributed by atoms with Crippen LogP contribution < -0.4 is 10.5 Å². The highest BCUT2D eigenvalue weighted by atomic mass is 32.2. The molecule has 0 atom stereocenters. The zero-order valence-electron chi connectivity index (χ0n) is 10.9. The van der Waals surface area contributed by atoms with E-state index >= 15 is 0 Å². The van der Waals surface area contributed by atoms with Gasteiger partial charge < -0.3 is 10.5 Å². The third-order valence-corrected chi connectivity index (χ3v) is 5.02. The molecule has 0 aromatic carbocycles. The fourth-order valence-electron chi connectivity index (χ4n) is 1.85. The molecule has 0 aromatic rings. The number of amidine groups is 1. The Balaban J connectivity index is 2.54. The molecule has 0 aromatic heterocycles. The summed E-state index contributed by atoms with van der Waals surface area (Å²) in [4.78, 5) is 0. The van der Waals surface area contributed by atoms with Crippen LogP contribution in [-0.4, -0.2) is 51.9 Å². The average Bonchev–Trinajstić information content (AvgIpc) is 2.29. The molecule has 18 heavy (non-hydrogen) atoms. The topological polar surface area (TPSA) is 109 Å². The van der Waals surface area contributed by atoms with Crippen molar-refractivity contribution < 1.29 is 13.2 Å². The monoisotopic (exact) mass is 278 g/mol. The lowest BCUT2D eigenvalue weighted by atomic mass is 9.80. The van der Waals surface area contributed by atoms with Gasteiger partial charge in [0.15, 0.2) is 0 Å². The Hall–Kier alpha value is -0.700. The molecule has 0 amide bonds. The highest BCUT2D eigenvalue weighted by Crippen LogP contribution is 2.31. The first-order valence-electron chi connectivity index (χ1n) is 5.90. The van der Waals surface area contributed by atoms with Crippen LogP contribution in [0.1, 0.15) is 19.8 Å². The Morgan fingerprint density at radius 3 is 2.50 bits per heavy atom. The number of hydrogen-bond acceptors (Lipinski definition) is 4. The van der Waals surface area contributed by atoms with E-state index in [1.54, 1.807) is 0 Å². The zero-order valence-corrected chi connectivity index (χ0v) is 11.7. The molecule has 1 fully saturated rings. The van der Waals surface area contributed by atoms with E-state index in [1.807, 2.05) is 6.92 Å². The van der Waals surface area contributed by atoms with Crippen LogP contribution in [0.2, 0.25) is 0 Å². The summed E-state index contributed by atoms with van der Waals surface area (Å²) in [6.45, 7) is 3.28. The van der Waals surface area contributed by atoms with Crippen LogP contribution in [0.15, 0.2) is 0 Å². The summed E-state index contributed by atoms with van der Waals surface area (Å²) in [5.41, 5.74) is 5.16. The largest absolute Gasteiger partial charge is 0.387 e. The molecule has 0 radical (unpaired) electrons. The van der Waals surface area contributed by atoms with Crippen molar-refractivity contribution in [3.05, 3.63) is 0 Å². The predicted octanol–water partition coefficient (Wildman–Crippen LogP) is -0.495. The molecular formula is C10H22N4O3S. The Morgan fingerprint density at radius 2 is 2.06 bits per heavy atom. The van der Waals surface area contributed by atoms with E-state index in [2.05, 4.69) is 4.72 Å². The van der Waals surface area contributed by atoms with Crippen molar-refractivity contribution in [3.8, 4) is 0 Å². The molecule has 0 spiro atoms. The molecule has 7 nitrogen and oxygen atoms in total. The van der Waals surface area contributed by atoms with Crippen LogP contribution in [0.4, 0.5) is 0 Å². The van der Waals surface area contributed by atoms with Crippen LogP contribution in [-0.2, 0) is 14.9 Å². The number of rotatable bonds is 6. The maximum absolute atomic E-state index is 11.9. The standard InChI is InChI=1S/C10H22N4O3S/c1-10(9(11)12)3-6-14(7-4-10)18(15,16)13-5-8-17-2/h13H,3-8H2,1-2H3,(H3,11,12). The summed E-state index contributed by atoms with van der Waals surface area (Å²) in [5, 5.41) is 7.52. The Morgan fingerprint density at radius 1 is 1.50 bits per heavy atom.